The van der Waals surface area contributed by atoms with Crippen LogP contribution in [0.5, 0.6) is 0 Å². The summed E-state index contributed by atoms with van der Waals surface area (Å²) in [5.74, 6) is 0. The molecule has 12 heteroatoms. The molecule has 1 aliphatic carbocycles. The molecule has 0 amide bonds. The van der Waals surface area contributed by atoms with Crippen LogP contribution < -0.4 is 10.5 Å². The van der Waals surface area contributed by atoms with Gasteiger partial charge < -0.3 is 5.73 Å². The Kier molecular flexibility index (Phi) is 6.06. The Bertz CT molecular complexity index is 1380. The van der Waals surface area contributed by atoms with Gasteiger partial charge in [-0.3, -0.25) is 0 Å². The monoisotopic (exact) mass is 501 g/mol. The zero-order valence-corrected chi connectivity index (χ0v) is 18.9. The van der Waals surface area contributed by atoms with Gasteiger partial charge in [-0.05, 0) is 49.9 Å². The summed E-state index contributed by atoms with van der Waals surface area (Å²) in [6.45, 7) is 0. The molecule has 1 saturated carbocycles. The molecule has 2 aromatic carbocycles. The molecule has 1 aromatic heterocycles. The molecule has 0 spiro atoms. The maximum absolute atomic E-state index is 13.8. The van der Waals surface area contributed by atoms with Crippen LogP contribution in [0.2, 0.25) is 0 Å². The summed E-state index contributed by atoms with van der Waals surface area (Å²) < 4.78 is 97.5. The number of aromatic nitrogens is 1. The third kappa shape index (κ3) is 4.52. The number of halogens is 3. The maximum Gasteiger partial charge on any atom is 0.417 e. The van der Waals surface area contributed by atoms with Crippen molar-refractivity contribution in [2.24, 2.45) is 5.73 Å². The summed E-state index contributed by atoms with van der Waals surface area (Å²) in [6, 6.07) is 9.47. The first-order valence-corrected chi connectivity index (χ1v) is 13.1. The molecule has 0 saturated heterocycles. The molecule has 178 valence electrons. The summed E-state index contributed by atoms with van der Waals surface area (Å²) in [5, 5.41) is -0.690. The van der Waals surface area contributed by atoms with Gasteiger partial charge in [-0.1, -0.05) is 24.3 Å². The lowest BCUT2D eigenvalue weighted by molar-refractivity contribution is -0.136. The number of rotatable bonds is 5. The van der Waals surface area contributed by atoms with E-state index < -0.39 is 48.1 Å². The van der Waals surface area contributed by atoms with Gasteiger partial charge in [0.05, 0.1) is 16.0 Å². The molecule has 4 rings (SSSR count). The number of hydrogen-bond acceptors (Lipinski definition) is 5. The Hall–Kier alpha value is -2.41. The molecular weight excluding hydrogens is 479 g/mol. The Balaban J connectivity index is 1.93. The van der Waals surface area contributed by atoms with Gasteiger partial charge in [-0.15, -0.1) is 0 Å². The fourth-order valence-electron chi connectivity index (χ4n) is 4.09. The van der Waals surface area contributed by atoms with Gasteiger partial charge >= 0.3 is 6.18 Å². The fourth-order valence-corrected chi connectivity index (χ4v) is 7.07. The highest BCUT2D eigenvalue weighted by Gasteiger charge is 2.38. The van der Waals surface area contributed by atoms with Gasteiger partial charge in [-0.25, -0.2) is 25.5 Å². The van der Waals surface area contributed by atoms with Crippen molar-refractivity contribution in [3.8, 4) is 0 Å². The molecule has 3 aromatic rings. The second-order valence-corrected chi connectivity index (χ2v) is 11.5. The van der Waals surface area contributed by atoms with Crippen molar-refractivity contribution in [2.75, 3.05) is 0 Å². The van der Waals surface area contributed by atoms with E-state index in [2.05, 4.69) is 4.72 Å². The zero-order chi connectivity index (χ0) is 24.0. The second-order valence-electron chi connectivity index (χ2n) is 8.04. The highest BCUT2D eigenvalue weighted by atomic mass is 32.2. The number of sulfonamides is 1. The van der Waals surface area contributed by atoms with Crippen LogP contribution in [0.15, 0.2) is 64.5 Å². The lowest BCUT2D eigenvalue weighted by atomic mass is 9.93. The first-order chi connectivity index (χ1) is 15.4. The molecule has 1 aliphatic rings. The van der Waals surface area contributed by atoms with Crippen molar-refractivity contribution in [3.63, 3.8) is 0 Å². The van der Waals surface area contributed by atoms with Crippen molar-refractivity contribution in [1.29, 1.82) is 0 Å². The molecule has 1 fully saturated rings. The van der Waals surface area contributed by atoms with Crippen LogP contribution in [0.25, 0.3) is 10.9 Å². The fraction of sp³-hybridized carbons (Fsp3) is 0.333. The van der Waals surface area contributed by atoms with Crippen LogP contribution in [0.3, 0.4) is 0 Å². The van der Waals surface area contributed by atoms with E-state index in [9.17, 15) is 30.0 Å². The minimum absolute atomic E-state index is 0.0551. The van der Waals surface area contributed by atoms with Crippen molar-refractivity contribution in [3.05, 3.63) is 60.3 Å². The van der Waals surface area contributed by atoms with Crippen LogP contribution in [0, 0.1) is 0 Å². The molecule has 7 nitrogen and oxygen atoms in total. The number of hydrogen-bond donors (Lipinski definition) is 2. The Morgan fingerprint density at radius 2 is 1.55 bits per heavy atom. The summed E-state index contributed by atoms with van der Waals surface area (Å²) >= 11 is 0. The van der Waals surface area contributed by atoms with Gasteiger partial charge in [-0.2, -0.15) is 13.2 Å². The number of nitrogens with two attached hydrogens (primary N) is 1. The third-order valence-corrected chi connectivity index (χ3v) is 8.97. The smallest absolute Gasteiger partial charge is 0.328 e. The summed E-state index contributed by atoms with van der Waals surface area (Å²) in [7, 11) is -8.85. The van der Waals surface area contributed by atoms with E-state index in [1.165, 1.54) is 24.3 Å². The van der Waals surface area contributed by atoms with Gasteiger partial charge in [0.2, 0.25) is 10.0 Å². The van der Waals surface area contributed by atoms with Gasteiger partial charge in [0.25, 0.3) is 10.0 Å². The Labute approximate surface area is 189 Å². The summed E-state index contributed by atoms with van der Waals surface area (Å²) in [4.78, 5) is -0.919. The zero-order valence-electron chi connectivity index (χ0n) is 17.3. The van der Waals surface area contributed by atoms with Crippen molar-refractivity contribution in [2.45, 2.75) is 53.7 Å². The number of nitrogens with zero attached hydrogens (tertiary/aromatic N) is 1. The Morgan fingerprint density at radius 1 is 0.909 bits per heavy atom. The SMILES string of the molecule is NC1CCC(NS(=O)(=O)c2cn(S(=O)(=O)c3ccccc3)c3cccc(C(F)(F)F)c23)CC1. The molecule has 0 bridgehead atoms. The minimum Gasteiger partial charge on any atom is -0.328 e. The van der Waals surface area contributed by atoms with Crippen LogP contribution >= 0.6 is 0 Å². The van der Waals surface area contributed by atoms with Crippen molar-refractivity contribution >= 4 is 30.9 Å². The molecule has 0 unspecified atom stereocenters. The lowest BCUT2D eigenvalue weighted by Crippen LogP contribution is -2.40. The van der Waals surface area contributed by atoms with E-state index in [1.807, 2.05) is 0 Å². The van der Waals surface area contributed by atoms with Crippen molar-refractivity contribution in [1.82, 2.24) is 8.69 Å². The lowest BCUT2D eigenvalue weighted by Gasteiger charge is -2.26. The van der Waals surface area contributed by atoms with E-state index in [1.54, 1.807) is 6.07 Å². The summed E-state index contributed by atoms with van der Waals surface area (Å²) in [5.41, 5.74) is 4.24. The number of alkyl halides is 3. The largest absolute Gasteiger partial charge is 0.417 e. The van der Waals surface area contributed by atoms with Crippen LogP contribution in [0.1, 0.15) is 31.2 Å². The number of benzene rings is 2. The molecule has 33 heavy (non-hydrogen) atoms. The van der Waals surface area contributed by atoms with E-state index in [4.69, 9.17) is 5.73 Å². The van der Waals surface area contributed by atoms with Crippen molar-refractivity contribution < 1.29 is 30.0 Å². The predicted molar refractivity (Wildman–Crippen MR) is 117 cm³/mol. The highest BCUT2D eigenvalue weighted by Crippen LogP contribution is 2.40. The van der Waals surface area contributed by atoms with E-state index in [-0.39, 0.29) is 16.5 Å². The number of fused-ring (bicyclic) bond motifs is 1. The Morgan fingerprint density at radius 3 is 2.15 bits per heavy atom. The first-order valence-electron chi connectivity index (χ1n) is 10.2. The second kappa shape index (κ2) is 8.42. The van der Waals surface area contributed by atoms with Crippen LogP contribution in [-0.2, 0) is 26.2 Å². The third-order valence-electron chi connectivity index (χ3n) is 5.75. The predicted octanol–water partition coefficient (Wildman–Crippen LogP) is 3.45. The van der Waals surface area contributed by atoms with E-state index in [0.717, 1.165) is 24.4 Å². The topological polar surface area (TPSA) is 111 Å². The molecular formula is C21H22F3N3O4S2. The van der Waals surface area contributed by atoms with E-state index >= 15 is 0 Å². The van der Waals surface area contributed by atoms with Crippen LogP contribution in [-0.4, -0.2) is 32.9 Å². The van der Waals surface area contributed by atoms with Gasteiger partial charge in [0.1, 0.15) is 4.90 Å². The molecule has 1 heterocycles. The number of nitrogens with one attached hydrogen (secondary N) is 1. The molecule has 0 aliphatic heterocycles. The minimum atomic E-state index is -4.90. The average Bonchev–Trinajstić information content (AvgIpc) is 3.17. The standard InChI is InChI=1S/C21H22F3N3O4S2/c22-21(23,24)17-7-4-8-18-20(17)19(32(28,29)26-15-11-9-14(25)10-12-15)13-27(18)33(30,31)16-5-2-1-3-6-16/h1-8,13-15,26H,9-12,25H2. The molecule has 0 radical (unpaired) electrons. The highest BCUT2D eigenvalue weighted by molar-refractivity contribution is 7.91. The average molecular weight is 502 g/mol. The summed E-state index contributed by atoms with van der Waals surface area (Å²) in [6.07, 6.45) is -2.12. The molecule has 0 atom stereocenters. The van der Waals surface area contributed by atoms with Gasteiger partial charge in [0.15, 0.2) is 0 Å². The van der Waals surface area contributed by atoms with Crippen LogP contribution in [0.4, 0.5) is 13.2 Å². The molecule has 3 N–H and O–H groups in total. The normalized spacial score (nSPS) is 20.2. The first kappa shape index (κ1) is 23.7. The van der Waals surface area contributed by atoms with Gasteiger partial charge in [0, 0.05) is 23.7 Å². The quantitative estimate of drug-likeness (QED) is 0.556. The maximum atomic E-state index is 13.8. The van der Waals surface area contributed by atoms with E-state index in [0.29, 0.717) is 29.7 Å².